The van der Waals surface area contributed by atoms with E-state index in [1.165, 1.54) is 28.3 Å². The van der Waals surface area contributed by atoms with Gasteiger partial charge in [-0.3, -0.25) is 19.0 Å². The quantitative estimate of drug-likeness (QED) is 0.460. The highest BCUT2D eigenvalue weighted by molar-refractivity contribution is 6.88. The summed E-state index contributed by atoms with van der Waals surface area (Å²) < 4.78 is 6.33. The minimum atomic E-state index is -1.46. The highest BCUT2D eigenvalue weighted by atomic mass is 28.3. The standard InChI is InChI=1S/C25H30N4O4Si/c1-33-16-18-5-7-19(8-6-18)24(28-22(30)15-29-17-26-14-13-23(29)31)25(32)27-20-9-11-21(12-10-20)34(2,3)4/h5-14,17,24H,15-16H2,1-4H3,(H,27,32)(H,28,30). The highest BCUT2D eigenvalue weighted by Crippen LogP contribution is 2.18. The van der Waals surface area contributed by atoms with Gasteiger partial charge >= 0.3 is 0 Å². The molecule has 2 N–H and O–H groups in total. The number of carbonyl (C=O) groups is 2. The van der Waals surface area contributed by atoms with E-state index in [1.54, 1.807) is 19.2 Å². The number of anilines is 1. The van der Waals surface area contributed by atoms with E-state index in [0.29, 0.717) is 17.9 Å². The molecule has 0 saturated heterocycles. The molecule has 0 saturated carbocycles. The smallest absolute Gasteiger partial charge is 0.253 e. The van der Waals surface area contributed by atoms with Crippen LogP contribution in [0.4, 0.5) is 5.69 Å². The molecule has 178 valence electrons. The van der Waals surface area contributed by atoms with Crippen LogP contribution in [0.1, 0.15) is 17.2 Å². The number of nitrogens with one attached hydrogen (secondary N) is 2. The summed E-state index contributed by atoms with van der Waals surface area (Å²) in [6.07, 6.45) is 2.65. The number of aromatic nitrogens is 2. The fourth-order valence-corrected chi connectivity index (χ4v) is 4.57. The van der Waals surface area contributed by atoms with Crippen molar-refractivity contribution in [2.45, 2.75) is 38.8 Å². The van der Waals surface area contributed by atoms with E-state index in [-0.39, 0.29) is 18.0 Å². The second-order valence-corrected chi connectivity index (χ2v) is 14.1. The first kappa shape index (κ1) is 25.1. The first-order chi connectivity index (χ1) is 16.2. The molecule has 0 radical (unpaired) electrons. The minimum Gasteiger partial charge on any atom is -0.380 e. The summed E-state index contributed by atoms with van der Waals surface area (Å²) >= 11 is 0. The Kier molecular flexibility index (Phi) is 8.14. The van der Waals surface area contributed by atoms with E-state index in [9.17, 15) is 14.4 Å². The lowest BCUT2D eigenvalue weighted by Crippen LogP contribution is -2.40. The molecule has 1 atom stereocenters. The van der Waals surface area contributed by atoms with E-state index in [1.807, 2.05) is 36.4 Å². The Balaban J connectivity index is 1.81. The van der Waals surface area contributed by atoms with Crippen LogP contribution in [0.3, 0.4) is 0 Å². The van der Waals surface area contributed by atoms with Gasteiger partial charge in [-0.05, 0) is 23.3 Å². The molecular formula is C25H30N4O4Si. The molecule has 9 heteroatoms. The van der Waals surface area contributed by atoms with Crippen LogP contribution in [0.5, 0.6) is 0 Å². The van der Waals surface area contributed by atoms with Gasteiger partial charge in [0.2, 0.25) is 5.91 Å². The van der Waals surface area contributed by atoms with Crippen molar-refractivity contribution >= 4 is 30.8 Å². The first-order valence-electron chi connectivity index (χ1n) is 11.0. The van der Waals surface area contributed by atoms with E-state index in [2.05, 4.69) is 35.3 Å². The molecule has 1 unspecified atom stereocenters. The van der Waals surface area contributed by atoms with Gasteiger partial charge in [-0.2, -0.15) is 0 Å². The third-order valence-electron chi connectivity index (χ3n) is 5.32. The number of methoxy groups -OCH3 is 1. The number of rotatable bonds is 9. The van der Waals surface area contributed by atoms with Gasteiger partial charge in [0.25, 0.3) is 11.5 Å². The Bertz CT molecular complexity index is 1190. The molecular weight excluding hydrogens is 448 g/mol. The van der Waals surface area contributed by atoms with E-state index in [0.717, 1.165) is 5.56 Å². The average Bonchev–Trinajstić information content (AvgIpc) is 2.79. The lowest BCUT2D eigenvalue weighted by atomic mass is 10.0. The molecule has 1 heterocycles. The first-order valence-corrected chi connectivity index (χ1v) is 14.5. The number of ether oxygens (including phenoxy) is 1. The largest absolute Gasteiger partial charge is 0.380 e. The van der Waals surface area contributed by atoms with Crippen molar-refractivity contribution in [2.75, 3.05) is 12.4 Å². The molecule has 0 spiro atoms. The molecule has 0 bridgehead atoms. The van der Waals surface area contributed by atoms with Crippen molar-refractivity contribution in [2.24, 2.45) is 0 Å². The summed E-state index contributed by atoms with van der Waals surface area (Å²) in [6.45, 7) is 6.97. The Labute approximate surface area is 200 Å². The maximum absolute atomic E-state index is 13.2. The number of hydrogen-bond acceptors (Lipinski definition) is 5. The normalized spacial score (nSPS) is 12.1. The third-order valence-corrected chi connectivity index (χ3v) is 7.38. The second-order valence-electron chi connectivity index (χ2n) is 9.04. The van der Waals surface area contributed by atoms with Gasteiger partial charge in [-0.25, -0.2) is 4.98 Å². The van der Waals surface area contributed by atoms with Gasteiger partial charge in [-0.15, -0.1) is 0 Å². The van der Waals surface area contributed by atoms with Gasteiger partial charge < -0.3 is 15.4 Å². The number of amides is 2. The average molecular weight is 479 g/mol. The lowest BCUT2D eigenvalue weighted by Gasteiger charge is -2.20. The molecule has 2 aromatic carbocycles. The fraction of sp³-hybridized carbons (Fsp3) is 0.280. The lowest BCUT2D eigenvalue weighted by molar-refractivity contribution is -0.127. The Hall–Kier alpha value is -3.56. The number of nitrogens with zero attached hydrogens (tertiary/aromatic N) is 2. The van der Waals surface area contributed by atoms with Crippen LogP contribution in [-0.4, -0.2) is 36.5 Å². The van der Waals surface area contributed by atoms with Crippen LogP contribution < -0.4 is 21.4 Å². The molecule has 0 aliphatic rings. The van der Waals surface area contributed by atoms with Crippen molar-refractivity contribution in [1.82, 2.24) is 14.9 Å². The topological polar surface area (TPSA) is 102 Å². The molecule has 8 nitrogen and oxygen atoms in total. The predicted molar refractivity (Wildman–Crippen MR) is 135 cm³/mol. The van der Waals surface area contributed by atoms with Gasteiger partial charge in [0, 0.05) is 25.1 Å². The van der Waals surface area contributed by atoms with E-state index < -0.39 is 20.0 Å². The zero-order valence-electron chi connectivity index (χ0n) is 19.9. The summed E-state index contributed by atoms with van der Waals surface area (Å²) in [5, 5.41) is 6.93. The van der Waals surface area contributed by atoms with Crippen LogP contribution in [-0.2, 0) is 27.5 Å². The van der Waals surface area contributed by atoms with Crippen LogP contribution in [0.25, 0.3) is 0 Å². The van der Waals surface area contributed by atoms with Crippen molar-refractivity contribution < 1.29 is 14.3 Å². The molecule has 0 aliphatic heterocycles. The molecule has 1 aromatic heterocycles. The van der Waals surface area contributed by atoms with Gasteiger partial charge in [0.1, 0.15) is 12.6 Å². The van der Waals surface area contributed by atoms with Crippen molar-refractivity contribution in [3.8, 4) is 0 Å². The maximum Gasteiger partial charge on any atom is 0.253 e. The summed E-state index contributed by atoms with van der Waals surface area (Å²) in [4.78, 5) is 41.8. The Morgan fingerprint density at radius 1 is 1.03 bits per heavy atom. The minimum absolute atomic E-state index is 0.247. The monoisotopic (exact) mass is 478 g/mol. The maximum atomic E-state index is 13.2. The SMILES string of the molecule is COCc1ccc(C(NC(=O)Cn2cnccc2=O)C(=O)Nc2ccc([Si](C)(C)C)cc2)cc1. The van der Waals surface area contributed by atoms with Gasteiger partial charge in [0.15, 0.2) is 0 Å². The van der Waals surface area contributed by atoms with Crippen molar-refractivity contribution in [1.29, 1.82) is 0 Å². The summed E-state index contributed by atoms with van der Waals surface area (Å²) in [5.74, 6) is -0.863. The third kappa shape index (κ3) is 6.72. The van der Waals surface area contributed by atoms with Gasteiger partial charge in [-0.1, -0.05) is 61.2 Å². The van der Waals surface area contributed by atoms with E-state index in [4.69, 9.17) is 4.74 Å². The Morgan fingerprint density at radius 3 is 2.29 bits per heavy atom. The molecule has 3 rings (SSSR count). The van der Waals surface area contributed by atoms with Crippen LogP contribution in [0, 0.1) is 0 Å². The van der Waals surface area contributed by atoms with Crippen LogP contribution in [0.15, 0.2) is 71.9 Å². The summed E-state index contributed by atoms with van der Waals surface area (Å²) in [5.41, 5.74) is 1.85. The highest BCUT2D eigenvalue weighted by Gasteiger charge is 2.24. The second kappa shape index (κ2) is 11.0. The summed E-state index contributed by atoms with van der Waals surface area (Å²) in [7, 11) is 0.150. The van der Waals surface area contributed by atoms with Crippen molar-refractivity contribution in [3.63, 3.8) is 0 Å². The molecule has 3 aromatic rings. The van der Waals surface area contributed by atoms with E-state index >= 15 is 0 Å². The van der Waals surface area contributed by atoms with Crippen LogP contribution >= 0.6 is 0 Å². The number of carbonyl (C=O) groups excluding carboxylic acids is 2. The molecule has 0 fully saturated rings. The zero-order valence-corrected chi connectivity index (χ0v) is 20.9. The summed E-state index contributed by atoms with van der Waals surface area (Å²) in [6, 6.07) is 15.4. The van der Waals surface area contributed by atoms with Gasteiger partial charge in [0.05, 0.1) is 21.0 Å². The zero-order chi connectivity index (χ0) is 24.7. The fourth-order valence-electron chi connectivity index (χ4n) is 3.40. The number of hydrogen-bond donors (Lipinski definition) is 2. The number of benzene rings is 2. The molecule has 0 aliphatic carbocycles. The molecule has 2 amide bonds. The Morgan fingerprint density at radius 2 is 1.71 bits per heavy atom. The predicted octanol–water partition coefficient (Wildman–Crippen LogP) is 2.43. The van der Waals surface area contributed by atoms with Crippen molar-refractivity contribution in [3.05, 3.63) is 88.6 Å². The molecule has 34 heavy (non-hydrogen) atoms. The van der Waals surface area contributed by atoms with Crippen LogP contribution in [0.2, 0.25) is 19.6 Å².